The number of aliphatic carboxylic acids is 1. The lowest BCUT2D eigenvalue weighted by molar-refractivity contribution is -0.149. The fourth-order valence-electron chi connectivity index (χ4n) is 0.722. The average Bonchev–Trinajstić information content (AvgIpc) is 2.01. The van der Waals surface area contributed by atoms with E-state index < -0.39 is 20.1 Å². The van der Waals surface area contributed by atoms with Gasteiger partial charge in [0, 0.05) is 13.0 Å². The van der Waals surface area contributed by atoms with E-state index in [1.165, 1.54) is 0 Å². The Morgan fingerprint density at radius 1 is 1.27 bits per heavy atom. The molecule has 15 heavy (non-hydrogen) atoms. The highest BCUT2D eigenvalue weighted by molar-refractivity contribution is 6.74. The number of carbonyl (C=O) groups is 2. The first-order valence-electron chi connectivity index (χ1n) is 4.98. The molecule has 0 aliphatic heterocycles. The van der Waals surface area contributed by atoms with Gasteiger partial charge in [0.15, 0.2) is 8.32 Å². The van der Waals surface area contributed by atoms with Crippen molar-refractivity contribution in [3.05, 3.63) is 0 Å². The van der Waals surface area contributed by atoms with E-state index in [0.717, 1.165) is 0 Å². The van der Waals surface area contributed by atoms with Crippen LogP contribution in [0.3, 0.4) is 0 Å². The van der Waals surface area contributed by atoms with E-state index in [4.69, 9.17) is 9.53 Å². The highest BCUT2D eigenvalue weighted by Gasteiger charge is 2.37. The highest BCUT2D eigenvalue weighted by Crippen LogP contribution is 2.36. The van der Waals surface area contributed by atoms with Crippen molar-refractivity contribution in [2.75, 3.05) is 6.61 Å². The van der Waals surface area contributed by atoms with Crippen molar-refractivity contribution in [2.24, 2.45) is 0 Å². The first kappa shape index (κ1) is 14.3. The maximum Gasteiger partial charge on any atom is 0.372 e. The van der Waals surface area contributed by atoms with Gasteiger partial charge in [0.25, 0.3) is 0 Å². The predicted octanol–water partition coefficient (Wildman–Crippen LogP) is 2.05. The van der Waals surface area contributed by atoms with Crippen molar-refractivity contribution in [3.63, 3.8) is 0 Å². The van der Waals surface area contributed by atoms with Crippen LogP contribution in [-0.4, -0.2) is 31.8 Å². The third-order valence-electron chi connectivity index (χ3n) is 2.84. The molecule has 0 saturated heterocycles. The molecule has 4 nitrogen and oxygen atoms in total. The Labute approximate surface area is 91.8 Å². The van der Waals surface area contributed by atoms with Crippen LogP contribution in [0.25, 0.3) is 0 Å². The van der Waals surface area contributed by atoms with Gasteiger partial charge in [-0.25, -0.2) is 4.79 Å². The first-order chi connectivity index (χ1) is 6.58. The highest BCUT2D eigenvalue weighted by atomic mass is 28.4. The number of ketones is 1. The van der Waals surface area contributed by atoms with Crippen LogP contribution in [-0.2, 0) is 14.0 Å². The topological polar surface area (TPSA) is 63.6 Å². The Hall–Kier alpha value is -0.683. The molecule has 0 atom stereocenters. The lowest BCUT2D eigenvalue weighted by Gasteiger charge is -2.36. The number of Topliss-reactive ketones (excluding diaryl/α,β-unsaturated/α-hetero) is 1. The molecular weight excluding hydrogens is 212 g/mol. The minimum Gasteiger partial charge on any atom is -0.475 e. The Morgan fingerprint density at radius 2 is 1.73 bits per heavy atom. The van der Waals surface area contributed by atoms with Gasteiger partial charge in [-0.15, -0.1) is 0 Å². The van der Waals surface area contributed by atoms with Crippen LogP contribution in [0.5, 0.6) is 0 Å². The van der Waals surface area contributed by atoms with Crippen LogP contribution in [0.4, 0.5) is 0 Å². The van der Waals surface area contributed by atoms with E-state index in [1.54, 1.807) is 0 Å². The molecule has 0 aliphatic rings. The van der Waals surface area contributed by atoms with E-state index in [-0.39, 0.29) is 18.1 Å². The van der Waals surface area contributed by atoms with E-state index in [1.807, 2.05) is 0 Å². The van der Waals surface area contributed by atoms with Crippen molar-refractivity contribution in [2.45, 2.75) is 45.3 Å². The lowest BCUT2D eigenvalue weighted by atomic mass is 10.2. The molecule has 0 spiro atoms. The molecule has 88 valence electrons. The van der Waals surface area contributed by atoms with Crippen molar-refractivity contribution >= 4 is 20.1 Å². The van der Waals surface area contributed by atoms with Gasteiger partial charge >= 0.3 is 5.97 Å². The van der Waals surface area contributed by atoms with Crippen LogP contribution < -0.4 is 0 Å². The molecule has 5 heteroatoms. The summed E-state index contributed by atoms with van der Waals surface area (Å²) in [7, 11) is -1.85. The second-order valence-electron chi connectivity index (χ2n) is 5.09. The van der Waals surface area contributed by atoms with E-state index in [9.17, 15) is 9.59 Å². The maximum absolute atomic E-state index is 10.8. The average molecular weight is 232 g/mol. The van der Waals surface area contributed by atoms with Gasteiger partial charge in [-0.05, 0) is 18.1 Å². The fraction of sp³-hybridized carbons (Fsp3) is 0.800. The molecule has 0 aromatic carbocycles. The maximum atomic E-state index is 10.8. The van der Waals surface area contributed by atoms with Gasteiger partial charge < -0.3 is 9.53 Å². The molecule has 0 bridgehead atoms. The largest absolute Gasteiger partial charge is 0.475 e. The van der Waals surface area contributed by atoms with Gasteiger partial charge in [0.2, 0.25) is 5.78 Å². The molecular formula is C10H20O4Si. The second-order valence-corrected chi connectivity index (χ2v) is 9.90. The Morgan fingerprint density at radius 3 is 2.07 bits per heavy atom. The summed E-state index contributed by atoms with van der Waals surface area (Å²) in [6, 6.07) is 0. The quantitative estimate of drug-likeness (QED) is 0.582. The Kier molecular flexibility index (Phi) is 4.67. The zero-order valence-electron chi connectivity index (χ0n) is 10.1. The van der Waals surface area contributed by atoms with Crippen LogP contribution in [0.2, 0.25) is 18.1 Å². The molecule has 0 saturated carbocycles. The third-order valence-corrected chi connectivity index (χ3v) is 7.37. The summed E-state index contributed by atoms with van der Waals surface area (Å²) in [5.41, 5.74) is 0. The smallest absolute Gasteiger partial charge is 0.372 e. The van der Waals surface area contributed by atoms with Gasteiger partial charge in [-0.1, -0.05) is 20.8 Å². The standard InChI is InChI=1S/C10H20O4Si/c1-10(2,3)15(4,5)14-7-6-8(11)9(12)13/h6-7H2,1-5H3,(H,12,13). The van der Waals surface area contributed by atoms with Crippen molar-refractivity contribution < 1.29 is 19.1 Å². The zero-order valence-corrected chi connectivity index (χ0v) is 11.1. The zero-order chi connectivity index (χ0) is 12.3. The van der Waals surface area contributed by atoms with Crippen LogP contribution in [0, 0.1) is 0 Å². The summed E-state index contributed by atoms with van der Waals surface area (Å²) in [6.07, 6.45) is -0.0398. The van der Waals surface area contributed by atoms with E-state index >= 15 is 0 Å². The summed E-state index contributed by atoms with van der Waals surface area (Å²) in [4.78, 5) is 21.1. The van der Waals surface area contributed by atoms with Crippen molar-refractivity contribution in [1.29, 1.82) is 0 Å². The van der Waals surface area contributed by atoms with Gasteiger partial charge in [0.1, 0.15) is 0 Å². The Bertz CT molecular complexity index is 253. The second kappa shape index (κ2) is 4.89. The normalized spacial score (nSPS) is 12.6. The number of hydrogen-bond acceptors (Lipinski definition) is 3. The number of carboxylic acid groups (broad SMARTS) is 1. The summed E-state index contributed by atoms with van der Waals surface area (Å²) in [6.45, 7) is 10.6. The number of rotatable bonds is 5. The number of carboxylic acids is 1. The Balaban J connectivity index is 4.07. The minimum atomic E-state index is -1.85. The molecule has 0 amide bonds. The summed E-state index contributed by atoms with van der Waals surface area (Å²) in [5, 5.41) is 8.46. The summed E-state index contributed by atoms with van der Waals surface area (Å²) in [5.74, 6) is -2.16. The summed E-state index contributed by atoms with van der Waals surface area (Å²) >= 11 is 0. The van der Waals surface area contributed by atoms with Gasteiger partial charge in [-0.3, -0.25) is 4.79 Å². The molecule has 0 aromatic rings. The van der Waals surface area contributed by atoms with Gasteiger partial charge in [-0.2, -0.15) is 0 Å². The van der Waals surface area contributed by atoms with E-state index in [0.29, 0.717) is 0 Å². The molecule has 0 aliphatic carbocycles. The lowest BCUT2D eigenvalue weighted by Crippen LogP contribution is -2.41. The minimum absolute atomic E-state index is 0.0398. The van der Waals surface area contributed by atoms with Crippen LogP contribution >= 0.6 is 0 Å². The molecule has 0 fully saturated rings. The molecule has 1 N–H and O–H groups in total. The SMILES string of the molecule is CC(C)(C)[Si](C)(C)OCCC(=O)C(=O)O. The summed E-state index contributed by atoms with van der Waals surface area (Å²) < 4.78 is 5.67. The molecule has 0 rings (SSSR count). The van der Waals surface area contributed by atoms with Crippen LogP contribution in [0.15, 0.2) is 0 Å². The number of carbonyl (C=O) groups excluding carboxylic acids is 1. The third kappa shape index (κ3) is 4.57. The predicted molar refractivity (Wildman–Crippen MR) is 60.4 cm³/mol. The van der Waals surface area contributed by atoms with Gasteiger partial charge in [0.05, 0.1) is 0 Å². The molecule has 0 radical (unpaired) electrons. The van der Waals surface area contributed by atoms with Crippen LogP contribution in [0.1, 0.15) is 27.2 Å². The monoisotopic (exact) mass is 232 g/mol. The van der Waals surface area contributed by atoms with E-state index in [2.05, 4.69) is 33.9 Å². The van der Waals surface area contributed by atoms with Crippen molar-refractivity contribution in [3.8, 4) is 0 Å². The molecule has 0 heterocycles. The first-order valence-corrected chi connectivity index (χ1v) is 7.89. The van der Waals surface area contributed by atoms with Crippen molar-refractivity contribution in [1.82, 2.24) is 0 Å². The molecule has 0 aromatic heterocycles. The molecule has 0 unspecified atom stereocenters. The number of hydrogen-bond donors (Lipinski definition) is 1. The fourth-order valence-corrected chi connectivity index (χ4v) is 1.77.